The van der Waals surface area contributed by atoms with Gasteiger partial charge in [0.2, 0.25) is 10.0 Å². The molecular weight excluding hydrogens is 280 g/mol. The summed E-state index contributed by atoms with van der Waals surface area (Å²) in [5.41, 5.74) is 2.18. The molecule has 4 nitrogen and oxygen atoms in total. The first-order valence-electron chi connectivity index (χ1n) is 6.56. The Morgan fingerprint density at radius 3 is 3.05 bits per heavy atom. The van der Waals surface area contributed by atoms with Gasteiger partial charge in [-0.3, -0.25) is 0 Å². The van der Waals surface area contributed by atoms with Crippen LogP contribution in [-0.4, -0.2) is 43.4 Å². The van der Waals surface area contributed by atoms with Crippen molar-refractivity contribution in [2.24, 2.45) is 0 Å². The van der Waals surface area contributed by atoms with Crippen molar-refractivity contribution in [3.8, 4) is 0 Å². The van der Waals surface area contributed by atoms with Crippen LogP contribution in [0.3, 0.4) is 0 Å². The molecule has 0 aliphatic carbocycles. The number of hydrogen-bond donors (Lipinski definition) is 1. The second-order valence-electron chi connectivity index (χ2n) is 5.04. The van der Waals surface area contributed by atoms with Crippen molar-refractivity contribution in [2.75, 3.05) is 30.7 Å². The maximum absolute atomic E-state index is 12.6. The molecule has 2 aliphatic heterocycles. The van der Waals surface area contributed by atoms with Crippen molar-refractivity contribution < 1.29 is 8.42 Å². The zero-order valence-electron chi connectivity index (χ0n) is 10.9. The molecule has 2 aliphatic rings. The van der Waals surface area contributed by atoms with E-state index >= 15 is 0 Å². The molecule has 0 saturated carbocycles. The second kappa shape index (κ2) is 5.00. The van der Waals surface area contributed by atoms with Gasteiger partial charge in [0.05, 0.1) is 4.90 Å². The molecule has 0 amide bonds. The van der Waals surface area contributed by atoms with Crippen LogP contribution in [0.25, 0.3) is 0 Å². The second-order valence-corrected chi connectivity index (χ2v) is 8.52. The third-order valence-corrected chi connectivity index (χ3v) is 6.63. The summed E-state index contributed by atoms with van der Waals surface area (Å²) in [6.45, 7) is 4.21. The number of nitrogens with one attached hydrogen (secondary N) is 1. The molecule has 3 rings (SSSR count). The standard InChI is InChI=1S/C13H18N2O2S2/c1-10-9-15(6-7-18-10)19(16,17)12-2-3-13-11(8-12)4-5-14-13/h2-3,8,10,14H,4-7,9H2,1H3. The van der Waals surface area contributed by atoms with Gasteiger partial charge in [0.25, 0.3) is 0 Å². The minimum atomic E-state index is -3.32. The fourth-order valence-corrected chi connectivity index (χ4v) is 5.40. The highest BCUT2D eigenvalue weighted by Gasteiger charge is 2.29. The SMILES string of the molecule is CC1CN(S(=O)(=O)c2ccc3c(c2)CCN3)CCS1. The molecule has 0 bridgehead atoms. The maximum atomic E-state index is 12.6. The minimum absolute atomic E-state index is 0.375. The van der Waals surface area contributed by atoms with Crippen molar-refractivity contribution in [1.29, 1.82) is 0 Å². The molecule has 104 valence electrons. The van der Waals surface area contributed by atoms with E-state index in [4.69, 9.17) is 0 Å². The first-order chi connectivity index (χ1) is 9.07. The van der Waals surface area contributed by atoms with E-state index in [-0.39, 0.29) is 0 Å². The van der Waals surface area contributed by atoms with E-state index in [1.807, 2.05) is 23.9 Å². The monoisotopic (exact) mass is 298 g/mol. The molecule has 1 fully saturated rings. The van der Waals surface area contributed by atoms with Gasteiger partial charge >= 0.3 is 0 Å². The Morgan fingerprint density at radius 2 is 2.26 bits per heavy atom. The molecule has 1 N–H and O–H groups in total. The lowest BCUT2D eigenvalue weighted by Crippen LogP contribution is -2.40. The molecule has 19 heavy (non-hydrogen) atoms. The van der Waals surface area contributed by atoms with E-state index in [9.17, 15) is 8.42 Å². The van der Waals surface area contributed by atoms with Crippen LogP contribution < -0.4 is 5.32 Å². The van der Waals surface area contributed by atoms with E-state index in [1.165, 1.54) is 0 Å². The summed E-state index contributed by atoms with van der Waals surface area (Å²) in [5, 5.41) is 3.63. The first-order valence-corrected chi connectivity index (χ1v) is 9.05. The van der Waals surface area contributed by atoms with Crippen LogP contribution in [0.1, 0.15) is 12.5 Å². The van der Waals surface area contributed by atoms with Crippen LogP contribution >= 0.6 is 11.8 Å². The van der Waals surface area contributed by atoms with Crippen molar-refractivity contribution in [1.82, 2.24) is 4.31 Å². The summed E-state index contributed by atoms with van der Waals surface area (Å²) in [7, 11) is -3.32. The topological polar surface area (TPSA) is 49.4 Å². The fourth-order valence-electron chi connectivity index (χ4n) is 2.60. The molecule has 6 heteroatoms. The van der Waals surface area contributed by atoms with Crippen molar-refractivity contribution >= 4 is 27.5 Å². The molecule has 1 aromatic rings. The van der Waals surface area contributed by atoms with Crippen molar-refractivity contribution in [3.63, 3.8) is 0 Å². The summed E-state index contributed by atoms with van der Waals surface area (Å²) in [6.07, 6.45) is 0.908. The van der Waals surface area contributed by atoms with E-state index in [1.54, 1.807) is 10.4 Å². The Bertz CT molecular complexity index is 586. The van der Waals surface area contributed by atoms with Gasteiger partial charge in [-0.05, 0) is 30.2 Å². The smallest absolute Gasteiger partial charge is 0.243 e. The van der Waals surface area contributed by atoms with Gasteiger partial charge in [-0.2, -0.15) is 16.1 Å². The van der Waals surface area contributed by atoms with Crippen molar-refractivity contribution in [3.05, 3.63) is 23.8 Å². The van der Waals surface area contributed by atoms with Gasteiger partial charge in [0.1, 0.15) is 0 Å². The summed E-state index contributed by atoms with van der Waals surface area (Å²) < 4.78 is 26.9. The molecule has 1 unspecified atom stereocenters. The normalized spacial score (nSPS) is 23.9. The summed E-state index contributed by atoms with van der Waals surface area (Å²) in [5.74, 6) is 0.882. The number of benzene rings is 1. The van der Waals surface area contributed by atoms with Gasteiger partial charge in [0.15, 0.2) is 0 Å². The van der Waals surface area contributed by atoms with Gasteiger partial charge in [-0.15, -0.1) is 0 Å². The van der Waals surface area contributed by atoms with Crippen LogP contribution in [0.4, 0.5) is 5.69 Å². The lowest BCUT2D eigenvalue weighted by molar-refractivity contribution is 0.424. The molecule has 0 aromatic heterocycles. The fraction of sp³-hybridized carbons (Fsp3) is 0.538. The predicted molar refractivity (Wildman–Crippen MR) is 79.3 cm³/mol. The lowest BCUT2D eigenvalue weighted by Gasteiger charge is -2.29. The first kappa shape index (κ1) is 13.3. The Hall–Kier alpha value is -0.720. The number of hydrogen-bond acceptors (Lipinski definition) is 4. The molecule has 1 atom stereocenters. The van der Waals surface area contributed by atoms with Crippen LogP contribution in [0, 0.1) is 0 Å². The lowest BCUT2D eigenvalue weighted by atomic mass is 10.2. The Balaban J connectivity index is 1.91. The highest BCUT2D eigenvalue weighted by Crippen LogP contribution is 2.28. The van der Waals surface area contributed by atoms with Crippen LogP contribution in [0.15, 0.2) is 23.1 Å². The van der Waals surface area contributed by atoms with Gasteiger partial charge in [-0.25, -0.2) is 8.42 Å². The molecular formula is C13H18N2O2S2. The van der Waals surface area contributed by atoms with E-state index < -0.39 is 10.0 Å². The Morgan fingerprint density at radius 1 is 1.42 bits per heavy atom. The number of thioether (sulfide) groups is 1. The molecule has 1 saturated heterocycles. The average molecular weight is 298 g/mol. The minimum Gasteiger partial charge on any atom is -0.384 e. The largest absolute Gasteiger partial charge is 0.384 e. The van der Waals surface area contributed by atoms with Gasteiger partial charge in [0, 0.05) is 36.3 Å². The van der Waals surface area contributed by atoms with Crippen LogP contribution in [0.5, 0.6) is 0 Å². The molecule has 0 radical (unpaired) electrons. The van der Waals surface area contributed by atoms with Crippen molar-refractivity contribution in [2.45, 2.75) is 23.5 Å². The number of nitrogens with zero attached hydrogens (tertiary/aromatic N) is 1. The van der Waals surface area contributed by atoms with E-state index in [2.05, 4.69) is 12.2 Å². The highest BCUT2D eigenvalue weighted by molar-refractivity contribution is 8.00. The third-order valence-electron chi connectivity index (χ3n) is 3.63. The summed E-state index contributed by atoms with van der Waals surface area (Å²) in [6, 6.07) is 5.44. The summed E-state index contributed by atoms with van der Waals surface area (Å²) in [4.78, 5) is 0.439. The predicted octanol–water partition coefficient (Wildman–Crippen LogP) is 1.78. The number of fused-ring (bicyclic) bond motifs is 1. The number of rotatable bonds is 2. The number of anilines is 1. The third kappa shape index (κ3) is 2.49. The van der Waals surface area contributed by atoms with Gasteiger partial charge < -0.3 is 5.32 Å². The summed E-state index contributed by atoms with van der Waals surface area (Å²) >= 11 is 1.84. The Kier molecular flexibility index (Phi) is 3.49. The maximum Gasteiger partial charge on any atom is 0.243 e. The van der Waals surface area contributed by atoms with Crippen LogP contribution in [0.2, 0.25) is 0 Å². The van der Waals surface area contributed by atoms with Crippen LogP contribution in [-0.2, 0) is 16.4 Å². The molecule has 0 spiro atoms. The molecule has 1 aromatic carbocycles. The molecule has 2 heterocycles. The number of sulfonamides is 1. The average Bonchev–Trinajstić information content (AvgIpc) is 2.85. The zero-order valence-corrected chi connectivity index (χ0v) is 12.6. The zero-order chi connectivity index (χ0) is 13.5. The quantitative estimate of drug-likeness (QED) is 0.904. The van der Waals surface area contributed by atoms with E-state index in [0.29, 0.717) is 23.2 Å². The van der Waals surface area contributed by atoms with E-state index in [0.717, 1.165) is 30.0 Å². The Labute approximate surface area is 118 Å². The van der Waals surface area contributed by atoms with Gasteiger partial charge in [-0.1, -0.05) is 6.92 Å². The highest BCUT2D eigenvalue weighted by atomic mass is 32.2.